The molecule has 0 N–H and O–H groups in total. The van der Waals surface area contributed by atoms with E-state index in [1.54, 1.807) is 0 Å². The molecule has 0 aliphatic rings. The summed E-state index contributed by atoms with van der Waals surface area (Å²) in [4.78, 5) is 12.0. The van der Waals surface area contributed by atoms with Gasteiger partial charge in [-0.1, -0.05) is 18.2 Å². The Morgan fingerprint density at radius 2 is 2.12 bits per heavy atom. The molecular weight excluding hydrogens is 220 g/mol. The van der Waals surface area contributed by atoms with Gasteiger partial charge >= 0.3 is 5.97 Å². The lowest BCUT2D eigenvalue weighted by Crippen LogP contribution is -1.96. The summed E-state index contributed by atoms with van der Waals surface area (Å²) >= 11 is 1.45. The average Bonchev–Trinajstić information content (AvgIpc) is 2.70. The highest BCUT2D eigenvalue weighted by molar-refractivity contribution is 7.20. The number of hydrogen-bond donors (Lipinski definition) is 0. The van der Waals surface area contributed by atoms with E-state index >= 15 is 0 Å². The summed E-state index contributed by atoms with van der Waals surface area (Å²) in [7, 11) is 1.39. The summed E-state index contributed by atoms with van der Waals surface area (Å²) in [5, 5.41) is 1.06. The number of fused-ring (bicyclic) bond motifs is 1. The molecule has 1 aromatic heterocycles. The van der Waals surface area contributed by atoms with Crippen LogP contribution in [-0.2, 0) is 4.74 Å². The molecule has 0 amide bonds. The maximum absolute atomic E-state index is 11.4. The van der Waals surface area contributed by atoms with E-state index in [0.29, 0.717) is 4.88 Å². The van der Waals surface area contributed by atoms with Crippen LogP contribution in [0, 0.1) is 0 Å². The lowest BCUT2D eigenvalue weighted by atomic mass is 10.1. The number of benzene rings is 1. The van der Waals surface area contributed by atoms with E-state index in [-0.39, 0.29) is 5.97 Å². The monoisotopic (exact) mass is 232 g/mol. The van der Waals surface area contributed by atoms with E-state index in [1.165, 1.54) is 18.4 Å². The first kappa shape index (κ1) is 10.9. The lowest BCUT2D eigenvalue weighted by molar-refractivity contribution is 0.0606. The molecule has 0 aliphatic carbocycles. The van der Waals surface area contributed by atoms with E-state index in [2.05, 4.69) is 6.58 Å². The molecule has 0 saturated heterocycles. The van der Waals surface area contributed by atoms with Gasteiger partial charge in [0.05, 0.1) is 7.11 Å². The van der Waals surface area contributed by atoms with E-state index in [1.807, 2.05) is 31.2 Å². The van der Waals surface area contributed by atoms with E-state index in [4.69, 9.17) is 4.74 Å². The van der Waals surface area contributed by atoms with Crippen LogP contribution in [0.3, 0.4) is 0 Å². The van der Waals surface area contributed by atoms with Gasteiger partial charge in [-0.25, -0.2) is 4.79 Å². The fourth-order valence-corrected chi connectivity index (χ4v) is 2.47. The standard InChI is InChI=1S/C13H12O2S/c1-8(2)9-4-5-11-10(6-9)7-12(16-11)13(14)15-3/h4-7H,1H2,2-3H3. The Bertz CT molecular complexity index is 566. The van der Waals surface area contributed by atoms with Crippen molar-refractivity contribution in [3.05, 3.63) is 41.3 Å². The maximum Gasteiger partial charge on any atom is 0.348 e. The predicted octanol–water partition coefficient (Wildman–Crippen LogP) is 3.72. The van der Waals surface area contributed by atoms with E-state index in [9.17, 15) is 4.79 Å². The van der Waals surface area contributed by atoms with Crippen LogP contribution < -0.4 is 0 Å². The number of thiophene rings is 1. The molecule has 0 spiro atoms. The van der Waals surface area contributed by atoms with E-state index in [0.717, 1.165) is 21.2 Å². The topological polar surface area (TPSA) is 26.3 Å². The Hall–Kier alpha value is -1.61. The molecule has 82 valence electrons. The number of hydrogen-bond acceptors (Lipinski definition) is 3. The highest BCUT2D eigenvalue weighted by Crippen LogP contribution is 2.28. The minimum Gasteiger partial charge on any atom is -0.465 e. The molecule has 0 unspecified atom stereocenters. The van der Waals surface area contributed by atoms with Gasteiger partial charge in [0.15, 0.2) is 0 Å². The summed E-state index contributed by atoms with van der Waals surface area (Å²) in [6.45, 7) is 5.87. The molecule has 0 bridgehead atoms. The van der Waals surface area contributed by atoms with Gasteiger partial charge in [-0.05, 0) is 36.1 Å². The normalized spacial score (nSPS) is 10.4. The third kappa shape index (κ3) is 1.86. The van der Waals surface area contributed by atoms with Crippen molar-refractivity contribution in [2.24, 2.45) is 0 Å². The number of esters is 1. The molecule has 2 aromatic rings. The van der Waals surface area contributed by atoms with Crippen molar-refractivity contribution < 1.29 is 9.53 Å². The third-order valence-corrected chi connectivity index (χ3v) is 3.49. The van der Waals surface area contributed by atoms with Gasteiger partial charge in [-0.15, -0.1) is 11.3 Å². The lowest BCUT2D eigenvalue weighted by Gasteiger charge is -1.98. The van der Waals surface area contributed by atoms with Crippen LogP contribution in [0.25, 0.3) is 15.7 Å². The number of carbonyl (C=O) groups excluding carboxylic acids is 1. The molecule has 0 fully saturated rings. The van der Waals surface area contributed by atoms with Crippen LogP contribution in [0.1, 0.15) is 22.2 Å². The quantitative estimate of drug-likeness (QED) is 0.738. The molecule has 0 aliphatic heterocycles. The zero-order chi connectivity index (χ0) is 11.7. The number of allylic oxidation sites excluding steroid dienone is 1. The highest BCUT2D eigenvalue weighted by Gasteiger charge is 2.10. The van der Waals surface area contributed by atoms with Crippen LogP contribution in [0.4, 0.5) is 0 Å². The Morgan fingerprint density at radius 1 is 1.38 bits per heavy atom. The van der Waals surface area contributed by atoms with Gasteiger partial charge in [0.1, 0.15) is 4.88 Å². The number of rotatable bonds is 2. The zero-order valence-electron chi connectivity index (χ0n) is 9.24. The summed E-state index contributed by atoms with van der Waals surface area (Å²) in [5.41, 5.74) is 2.12. The number of methoxy groups -OCH3 is 1. The molecule has 3 heteroatoms. The molecule has 0 atom stereocenters. The van der Waals surface area contributed by atoms with Gasteiger partial charge in [0.25, 0.3) is 0 Å². The molecule has 1 heterocycles. The highest BCUT2D eigenvalue weighted by atomic mass is 32.1. The van der Waals surface area contributed by atoms with E-state index < -0.39 is 0 Å². The van der Waals surface area contributed by atoms with Crippen molar-refractivity contribution >= 4 is 33.0 Å². The van der Waals surface area contributed by atoms with Crippen LogP contribution in [-0.4, -0.2) is 13.1 Å². The van der Waals surface area contributed by atoms with Gasteiger partial charge in [0.2, 0.25) is 0 Å². The van der Waals surface area contributed by atoms with Gasteiger partial charge < -0.3 is 4.74 Å². The molecule has 0 radical (unpaired) electrons. The summed E-state index contributed by atoms with van der Waals surface area (Å²) in [6.07, 6.45) is 0. The van der Waals surface area contributed by atoms with Crippen molar-refractivity contribution in [2.75, 3.05) is 7.11 Å². The second-order valence-electron chi connectivity index (χ2n) is 3.64. The van der Waals surface area contributed by atoms with Crippen molar-refractivity contribution in [1.82, 2.24) is 0 Å². The summed E-state index contributed by atoms with van der Waals surface area (Å²) < 4.78 is 5.79. The Labute approximate surface area is 98.2 Å². The van der Waals surface area contributed by atoms with Crippen LogP contribution >= 0.6 is 11.3 Å². The van der Waals surface area contributed by atoms with Gasteiger partial charge in [-0.3, -0.25) is 0 Å². The largest absolute Gasteiger partial charge is 0.465 e. The van der Waals surface area contributed by atoms with Crippen LogP contribution in [0.5, 0.6) is 0 Å². The molecule has 1 aromatic carbocycles. The molecular formula is C13H12O2S. The SMILES string of the molecule is C=C(C)c1ccc2sc(C(=O)OC)cc2c1. The van der Waals surface area contributed by atoms with Crippen molar-refractivity contribution in [2.45, 2.75) is 6.92 Å². The smallest absolute Gasteiger partial charge is 0.348 e. The minimum atomic E-state index is -0.280. The second kappa shape index (κ2) is 4.10. The molecule has 2 nitrogen and oxygen atoms in total. The van der Waals surface area contributed by atoms with Gasteiger partial charge in [0, 0.05) is 4.70 Å². The number of ether oxygens (including phenoxy) is 1. The third-order valence-electron chi connectivity index (χ3n) is 2.40. The average molecular weight is 232 g/mol. The molecule has 16 heavy (non-hydrogen) atoms. The Morgan fingerprint density at radius 3 is 2.75 bits per heavy atom. The van der Waals surface area contributed by atoms with Crippen molar-refractivity contribution in [3.63, 3.8) is 0 Å². The van der Waals surface area contributed by atoms with Gasteiger partial charge in [-0.2, -0.15) is 0 Å². The first-order valence-electron chi connectivity index (χ1n) is 4.89. The number of carbonyl (C=O) groups is 1. The summed E-state index contributed by atoms with van der Waals surface area (Å²) in [5.74, 6) is -0.280. The predicted molar refractivity (Wildman–Crippen MR) is 67.9 cm³/mol. The minimum absolute atomic E-state index is 0.280. The molecule has 0 saturated carbocycles. The van der Waals surface area contributed by atoms with Crippen LogP contribution in [0.2, 0.25) is 0 Å². The fraction of sp³-hybridized carbons (Fsp3) is 0.154. The first-order chi connectivity index (χ1) is 7.61. The Kier molecular flexibility index (Phi) is 2.79. The maximum atomic E-state index is 11.4. The first-order valence-corrected chi connectivity index (χ1v) is 5.71. The Balaban J connectivity index is 2.54. The van der Waals surface area contributed by atoms with Crippen molar-refractivity contribution in [3.8, 4) is 0 Å². The zero-order valence-corrected chi connectivity index (χ0v) is 10.1. The fourth-order valence-electron chi connectivity index (χ4n) is 1.51. The van der Waals surface area contributed by atoms with Crippen LogP contribution in [0.15, 0.2) is 30.8 Å². The second-order valence-corrected chi connectivity index (χ2v) is 4.72. The summed E-state index contributed by atoms with van der Waals surface area (Å²) in [6, 6.07) is 7.93. The van der Waals surface area contributed by atoms with Crippen molar-refractivity contribution in [1.29, 1.82) is 0 Å². The molecule has 2 rings (SSSR count).